The molecule has 15 heavy (non-hydrogen) atoms. The standard InChI is InChI=1S/C6H3N3O6/c10-7(11)4-1-2-5(9-14-15-9)6(3-4)8(12)13/h1-3H. The van der Waals surface area contributed by atoms with Crippen molar-refractivity contribution in [3.8, 4) is 5.69 Å². The van der Waals surface area contributed by atoms with E-state index < -0.39 is 15.5 Å². The second-order valence-electron chi connectivity index (χ2n) is 2.59. The third-order valence-electron chi connectivity index (χ3n) is 1.71. The molecule has 0 aliphatic heterocycles. The van der Waals surface area contributed by atoms with E-state index in [9.17, 15) is 20.2 Å². The highest BCUT2D eigenvalue weighted by Gasteiger charge is 2.25. The van der Waals surface area contributed by atoms with E-state index in [0.29, 0.717) is 0 Å². The number of benzene rings is 1. The predicted molar refractivity (Wildman–Crippen MR) is 43.6 cm³/mol. The Morgan fingerprint density at radius 1 is 1.13 bits per heavy atom. The van der Waals surface area contributed by atoms with Gasteiger partial charge in [0.05, 0.1) is 20.8 Å². The van der Waals surface area contributed by atoms with Crippen LogP contribution in [0.3, 0.4) is 0 Å². The van der Waals surface area contributed by atoms with Crippen LogP contribution in [0.25, 0.3) is 5.69 Å². The van der Waals surface area contributed by atoms with E-state index in [0.717, 1.165) is 17.0 Å². The van der Waals surface area contributed by atoms with Crippen LogP contribution in [0.2, 0.25) is 0 Å². The van der Waals surface area contributed by atoms with Gasteiger partial charge in [0.15, 0.2) is 0 Å². The van der Waals surface area contributed by atoms with E-state index >= 15 is 0 Å². The first-order chi connectivity index (χ1) is 7.09. The fraction of sp³-hybridized carbons (Fsp3) is 0. The fourth-order valence-electron chi connectivity index (χ4n) is 1.02. The number of nitro groups is 2. The van der Waals surface area contributed by atoms with E-state index in [2.05, 4.69) is 9.36 Å². The first kappa shape index (κ1) is 8.99. The molecule has 0 amide bonds. The topological polar surface area (TPSA) is 117 Å². The maximum absolute atomic E-state index is 10.6. The highest BCUT2D eigenvalue weighted by Crippen LogP contribution is 2.28. The molecule has 1 aromatic carbocycles. The molecule has 0 spiro atoms. The van der Waals surface area contributed by atoms with Gasteiger partial charge in [-0.2, -0.15) is 0 Å². The van der Waals surface area contributed by atoms with Gasteiger partial charge in [-0.1, -0.05) is 0 Å². The first-order valence-corrected chi connectivity index (χ1v) is 3.67. The number of nitrogens with zero attached hydrogens (tertiary/aromatic N) is 3. The summed E-state index contributed by atoms with van der Waals surface area (Å²) < 4.78 is 8.49. The Labute approximate surface area is 80.6 Å². The Kier molecular flexibility index (Phi) is 1.78. The summed E-state index contributed by atoms with van der Waals surface area (Å²) >= 11 is 0. The minimum Gasteiger partial charge on any atom is -0.258 e. The van der Waals surface area contributed by atoms with Crippen molar-refractivity contribution in [1.29, 1.82) is 0 Å². The lowest BCUT2D eigenvalue weighted by Crippen LogP contribution is -1.96. The van der Waals surface area contributed by atoms with Crippen molar-refractivity contribution in [3.05, 3.63) is 38.4 Å². The van der Waals surface area contributed by atoms with Crippen molar-refractivity contribution < 1.29 is 19.2 Å². The molecule has 78 valence electrons. The van der Waals surface area contributed by atoms with Crippen LogP contribution in [0.1, 0.15) is 0 Å². The highest BCUT2D eigenvalue weighted by molar-refractivity contribution is 5.56. The Morgan fingerprint density at radius 3 is 2.27 bits per heavy atom. The van der Waals surface area contributed by atoms with Gasteiger partial charge in [0.25, 0.3) is 5.69 Å². The number of rotatable bonds is 3. The molecule has 0 fully saturated rings. The Hall–Kier alpha value is -2.58. The molecular weight excluding hydrogens is 210 g/mol. The van der Waals surface area contributed by atoms with Gasteiger partial charge in [-0.25, -0.2) is 0 Å². The van der Waals surface area contributed by atoms with Gasteiger partial charge in [0.1, 0.15) is 0 Å². The Balaban J connectivity index is 2.55. The number of non-ortho nitro benzene ring substituents is 1. The fourth-order valence-corrected chi connectivity index (χ4v) is 1.02. The van der Waals surface area contributed by atoms with Crippen molar-refractivity contribution in [1.82, 2.24) is 4.91 Å². The number of aromatic nitrogens is 1. The lowest BCUT2D eigenvalue weighted by atomic mass is 10.2. The zero-order valence-corrected chi connectivity index (χ0v) is 7.02. The molecule has 9 nitrogen and oxygen atoms in total. The van der Waals surface area contributed by atoms with E-state index in [1.54, 1.807) is 0 Å². The average Bonchev–Trinajstić information content (AvgIpc) is 2.99. The molecule has 0 saturated heterocycles. The lowest BCUT2D eigenvalue weighted by Gasteiger charge is -1.94. The Morgan fingerprint density at radius 2 is 1.80 bits per heavy atom. The highest BCUT2D eigenvalue weighted by atomic mass is 17.3. The predicted octanol–water partition coefficient (Wildman–Crippen LogP) is 1.48. The summed E-state index contributed by atoms with van der Waals surface area (Å²) in [4.78, 5) is 20.3. The summed E-state index contributed by atoms with van der Waals surface area (Å²) in [6.45, 7) is 0. The van der Waals surface area contributed by atoms with Gasteiger partial charge < -0.3 is 0 Å². The van der Waals surface area contributed by atoms with Gasteiger partial charge in [0, 0.05) is 6.07 Å². The summed E-state index contributed by atoms with van der Waals surface area (Å²) in [7, 11) is 0. The van der Waals surface area contributed by atoms with Crippen LogP contribution in [0.15, 0.2) is 27.6 Å². The second kappa shape index (κ2) is 2.97. The van der Waals surface area contributed by atoms with Crippen LogP contribution in [-0.4, -0.2) is 14.8 Å². The molecule has 0 aliphatic rings. The van der Waals surface area contributed by atoms with Crippen LogP contribution in [0.5, 0.6) is 0 Å². The van der Waals surface area contributed by atoms with Crippen molar-refractivity contribution in [3.63, 3.8) is 0 Å². The van der Waals surface area contributed by atoms with Crippen LogP contribution < -0.4 is 0 Å². The molecule has 1 heterocycles. The SMILES string of the molecule is O=[N+]([O-])c1ccc(-n2oo2)c([N+](=O)[O-])c1. The summed E-state index contributed by atoms with van der Waals surface area (Å²) in [5.41, 5.74) is -0.820. The molecule has 2 rings (SSSR count). The van der Waals surface area contributed by atoms with E-state index in [4.69, 9.17) is 0 Å². The molecule has 9 heteroatoms. The van der Waals surface area contributed by atoms with Crippen molar-refractivity contribution in [2.24, 2.45) is 0 Å². The van der Waals surface area contributed by atoms with E-state index in [1.165, 1.54) is 6.07 Å². The zero-order chi connectivity index (χ0) is 11.0. The van der Waals surface area contributed by atoms with E-state index in [-0.39, 0.29) is 11.4 Å². The minimum atomic E-state index is -0.757. The van der Waals surface area contributed by atoms with Gasteiger partial charge in [0.2, 0.25) is 5.69 Å². The summed E-state index contributed by atoms with van der Waals surface area (Å²) in [6, 6.07) is 3.12. The molecule has 0 unspecified atom stereocenters. The Bertz CT molecular complexity index is 512. The molecule has 0 saturated carbocycles. The first-order valence-electron chi connectivity index (χ1n) is 3.67. The van der Waals surface area contributed by atoms with Crippen molar-refractivity contribution >= 4 is 11.4 Å². The maximum atomic E-state index is 10.6. The molecule has 1 aromatic heterocycles. The van der Waals surface area contributed by atoms with Crippen molar-refractivity contribution in [2.45, 2.75) is 0 Å². The summed E-state index contributed by atoms with van der Waals surface area (Å²) in [5.74, 6) is 0. The second-order valence-corrected chi connectivity index (χ2v) is 2.59. The largest absolute Gasteiger partial charge is 0.306 e. The van der Waals surface area contributed by atoms with Crippen LogP contribution >= 0.6 is 0 Å². The normalized spacial score (nSPS) is 10.4. The maximum Gasteiger partial charge on any atom is 0.306 e. The molecule has 0 N–H and O–H groups in total. The van der Waals surface area contributed by atoms with E-state index in [1.807, 2.05) is 0 Å². The summed E-state index contributed by atoms with van der Waals surface area (Å²) in [5, 5.41) is 21.0. The van der Waals surface area contributed by atoms with Crippen LogP contribution in [0, 0.1) is 20.2 Å². The molecule has 0 radical (unpaired) electrons. The average molecular weight is 213 g/mol. The zero-order valence-electron chi connectivity index (χ0n) is 7.02. The quantitative estimate of drug-likeness (QED) is 0.432. The molecular formula is C6H3N3O6. The van der Waals surface area contributed by atoms with Gasteiger partial charge in [-0.3, -0.25) is 20.2 Å². The van der Waals surface area contributed by atoms with Crippen LogP contribution in [-0.2, 0) is 0 Å². The van der Waals surface area contributed by atoms with Gasteiger partial charge in [-0.15, -0.1) is 9.36 Å². The third-order valence-corrected chi connectivity index (χ3v) is 1.71. The van der Waals surface area contributed by atoms with Gasteiger partial charge in [-0.05, 0) is 6.07 Å². The van der Waals surface area contributed by atoms with Crippen molar-refractivity contribution in [2.75, 3.05) is 0 Å². The third kappa shape index (κ3) is 1.57. The monoisotopic (exact) mass is 213 g/mol. The van der Waals surface area contributed by atoms with Gasteiger partial charge >= 0.3 is 5.69 Å². The van der Waals surface area contributed by atoms with Crippen LogP contribution in [0.4, 0.5) is 11.4 Å². The minimum absolute atomic E-state index is 0.00519. The molecule has 0 bridgehead atoms. The number of hydrogen-bond donors (Lipinski definition) is 0. The summed E-state index contributed by atoms with van der Waals surface area (Å²) in [6.07, 6.45) is 0. The lowest BCUT2D eigenvalue weighted by molar-refractivity contribution is -0.394. The molecule has 0 aliphatic carbocycles. The molecule has 2 aromatic rings. The number of hydrogen-bond acceptors (Lipinski definition) is 6. The molecule has 0 atom stereocenters. The smallest absolute Gasteiger partial charge is 0.258 e. The number of nitro benzene ring substituents is 2.